The van der Waals surface area contributed by atoms with Crippen LogP contribution in [0.2, 0.25) is 0 Å². The number of anilines is 1. The Kier molecular flexibility index (Phi) is 7.19. The van der Waals surface area contributed by atoms with E-state index < -0.39 is 11.8 Å². The predicted octanol–water partition coefficient (Wildman–Crippen LogP) is 3.79. The Balaban J connectivity index is 1.74. The summed E-state index contributed by atoms with van der Waals surface area (Å²) in [4.78, 5) is 28.0. The average Bonchev–Trinajstić information content (AvgIpc) is 3.03. The molecule has 9 heteroatoms. The Bertz CT molecular complexity index is 1030. The molecule has 0 saturated carbocycles. The number of hydrogen-bond donors (Lipinski definition) is 2. The fraction of sp³-hybridized carbons (Fsp3) is 0.227. The Morgan fingerprint density at radius 2 is 1.90 bits per heavy atom. The Morgan fingerprint density at radius 1 is 1.23 bits per heavy atom. The molecule has 31 heavy (non-hydrogen) atoms. The minimum atomic E-state index is -0.542. The van der Waals surface area contributed by atoms with Gasteiger partial charge < -0.3 is 14.7 Å². The van der Waals surface area contributed by atoms with Gasteiger partial charge in [0.25, 0.3) is 11.8 Å². The van der Waals surface area contributed by atoms with Gasteiger partial charge in [0, 0.05) is 24.3 Å². The number of phenolic OH excluding ortho intramolecular Hbond substituents is 1. The number of hydrogen-bond acceptors (Lipinski definition) is 7. The SMILES string of the molecule is CCN(CC)c1ccc(/C=C2/SC(=S)N(NC(=O)c3ccc(O)c(OC)c3)C2=O)cc1. The van der Waals surface area contributed by atoms with Gasteiger partial charge in [-0.2, -0.15) is 5.01 Å². The number of nitrogens with zero attached hydrogens (tertiary/aromatic N) is 2. The van der Waals surface area contributed by atoms with Gasteiger partial charge in [-0.05, 0) is 68.0 Å². The molecule has 0 unspecified atom stereocenters. The van der Waals surface area contributed by atoms with Crippen molar-refractivity contribution < 1.29 is 19.4 Å². The second kappa shape index (κ2) is 9.84. The lowest BCUT2D eigenvalue weighted by Crippen LogP contribution is -2.44. The summed E-state index contributed by atoms with van der Waals surface area (Å²) in [6.07, 6.45) is 1.75. The second-order valence-electron chi connectivity index (χ2n) is 6.61. The molecule has 1 heterocycles. The standard InChI is InChI=1S/C22H23N3O4S2/c1-4-24(5-2)16-9-6-14(7-10-16)12-19-21(28)25(22(30)31-19)23-20(27)15-8-11-17(26)18(13-15)29-3/h6-13,26H,4-5H2,1-3H3,(H,23,27)/b19-12+. The van der Waals surface area contributed by atoms with Crippen LogP contribution in [-0.2, 0) is 4.79 Å². The Morgan fingerprint density at radius 3 is 2.52 bits per heavy atom. The minimum Gasteiger partial charge on any atom is -0.504 e. The Hall–Kier alpha value is -3.04. The van der Waals surface area contributed by atoms with E-state index >= 15 is 0 Å². The molecule has 2 aromatic carbocycles. The molecule has 0 spiro atoms. The smallest absolute Gasteiger partial charge is 0.285 e. The van der Waals surface area contributed by atoms with Crippen molar-refractivity contribution in [2.24, 2.45) is 0 Å². The molecule has 0 atom stereocenters. The van der Waals surface area contributed by atoms with Gasteiger partial charge in [-0.25, -0.2) is 0 Å². The van der Waals surface area contributed by atoms with Gasteiger partial charge in [0.15, 0.2) is 15.8 Å². The fourth-order valence-corrected chi connectivity index (χ4v) is 4.25. The van der Waals surface area contributed by atoms with E-state index in [-0.39, 0.29) is 21.4 Å². The second-order valence-corrected chi connectivity index (χ2v) is 8.28. The summed E-state index contributed by atoms with van der Waals surface area (Å²) in [5.41, 5.74) is 4.72. The van der Waals surface area contributed by atoms with Crippen molar-refractivity contribution in [3.8, 4) is 11.5 Å². The summed E-state index contributed by atoms with van der Waals surface area (Å²) in [5.74, 6) is -0.868. The number of carbonyl (C=O) groups excluding carboxylic acids is 2. The number of ether oxygens (including phenoxy) is 1. The number of benzene rings is 2. The van der Waals surface area contributed by atoms with Gasteiger partial charge in [-0.3, -0.25) is 15.0 Å². The molecule has 0 aromatic heterocycles. The summed E-state index contributed by atoms with van der Waals surface area (Å²) in [5, 5.41) is 10.7. The molecule has 2 N–H and O–H groups in total. The number of thioether (sulfide) groups is 1. The monoisotopic (exact) mass is 457 g/mol. The number of hydrazine groups is 1. The topological polar surface area (TPSA) is 82.1 Å². The molecular weight excluding hydrogens is 434 g/mol. The zero-order valence-electron chi connectivity index (χ0n) is 17.4. The molecule has 162 valence electrons. The molecule has 3 rings (SSSR count). The third-order valence-electron chi connectivity index (χ3n) is 4.77. The molecule has 0 radical (unpaired) electrons. The molecule has 2 aromatic rings. The van der Waals surface area contributed by atoms with Crippen molar-refractivity contribution in [3.05, 3.63) is 58.5 Å². The maximum absolute atomic E-state index is 12.8. The first kappa shape index (κ1) is 22.6. The van der Waals surface area contributed by atoms with Crippen molar-refractivity contribution in [2.75, 3.05) is 25.1 Å². The summed E-state index contributed by atoms with van der Waals surface area (Å²) < 4.78 is 5.25. The van der Waals surface area contributed by atoms with Gasteiger partial charge >= 0.3 is 0 Å². The van der Waals surface area contributed by atoms with Crippen LogP contribution in [0.4, 0.5) is 5.69 Å². The van der Waals surface area contributed by atoms with Gasteiger partial charge in [0.1, 0.15) is 0 Å². The molecule has 2 amide bonds. The molecule has 1 aliphatic heterocycles. The van der Waals surface area contributed by atoms with Crippen LogP contribution < -0.4 is 15.1 Å². The molecular formula is C22H23N3O4S2. The maximum atomic E-state index is 12.8. The average molecular weight is 458 g/mol. The number of phenols is 1. The third kappa shape index (κ3) is 5.00. The number of thiocarbonyl (C=S) groups is 1. The molecule has 7 nitrogen and oxygen atoms in total. The lowest BCUT2D eigenvalue weighted by Gasteiger charge is -2.20. The van der Waals surface area contributed by atoms with Crippen molar-refractivity contribution >= 4 is 51.9 Å². The van der Waals surface area contributed by atoms with E-state index in [1.54, 1.807) is 6.08 Å². The molecule has 1 saturated heterocycles. The quantitative estimate of drug-likeness (QED) is 0.483. The minimum absolute atomic E-state index is 0.0837. The molecule has 1 fully saturated rings. The molecule has 0 aliphatic carbocycles. The normalized spacial score (nSPS) is 14.8. The van der Waals surface area contributed by atoms with Crippen molar-refractivity contribution in [2.45, 2.75) is 13.8 Å². The number of methoxy groups -OCH3 is 1. The number of rotatable bonds is 7. The first-order chi connectivity index (χ1) is 14.9. The van der Waals surface area contributed by atoms with E-state index in [2.05, 4.69) is 24.2 Å². The number of carbonyl (C=O) groups is 2. The highest BCUT2D eigenvalue weighted by atomic mass is 32.2. The van der Waals surface area contributed by atoms with Gasteiger partial charge in [-0.1, -0.05) is 23.9 Å². The van der Waals surface area contributed by atoms with Gasteiger partial charge in [0.05, 0.1) is 12.0 Å². The molecule has 0 bridgehead atoms. The van der Waals surface area contributed by atoms with Crippen molar-refractivity contribution in [3.63, 3.8) is 0 Å². The van der Waals surface area contributed by atoms with E-state index in [0.717, 1.165) is 41.1 Å². The number of amides is 2. The van der Waals surface area contributed by atoms with E-state index in [4.69, 9.17) is 17.0 Å². The Labute approximate surface area is 190 Å². The largest absolute Gasteiger partial charge is 0.504 e. The zero-order valence-corrected chi connectivity index (χ0v) is 19.0. The number of aromatic hydroxyl groups is 1. The number of nitrogens with one attached hydrogen (secondary N) is 1. The van der Waals surface area contributed by atoms with E-state index in [1.165, 1.54) is 25.3 Å². The summed E-state index contributed by atoms with van der Waals surface area (Å²) in [6, 6.07) is 12.1. The summed E-state index contributed by atoms with van der Waals surface area (Å²) in [6.45, 7) is 6.04. The van der Waals surface area contributed by atoms with Crippen molar-refractivity contribution in [1.82, 2.24) is 10.4 Å². The van der Waals surface area contributed by atoms with Crippen molar-refractivity contribution in [1.29, 1.82) is 0 Å². The third-order valence-corrected chi connectivity index (χ3v) is 6.07. The lowest BCUT2D eigenvalue weighted by atomic mass is 10.1. The van der Waals surface area contributed by atoms with E-state index in [0.29, 0.717) is 4.91 Å². The van der Waals surface area contributed by atoms with Crippen LogP contribution >= 0.6 is 24.0 Å². The predicted molar refractivity (Wildman–Crippen MR) is 127 cm³/mol. The van der Waals surface area contributed by atoms with Crippen LogP contribution in [0.1, 0.15) is 29.8 Å². The fourth-order valence-electron chi connectivity index (χ4n) is 3.07. The van der Waals surface area contributed by atoms with Crippen LogP contribution in [0, 0.1) is 0 Å². The van der Waals surface area contributed by atoms with Gasteiger partial charge in [0.2, 0.25) is 0 Å². The van der Waals surface area contributed by atoms with E-state index in [9.17, 15) is 14.7 Å². The molecule has 1 aliphatic rings. The first-order valence-corrected chi connectivity index (χ1v) is 10.9. The van der Waals surface area contributed by atoms with Crippen LogP contribution in [0.5, 0.6) is 11.5 Å². The van der Waals surface area contributed by atoms with E-state index in [1.807, 2.05) is 24.3 Å². The van der Waals surface area contributed by atoms with Crippen LogP contribution in [-0.4, -0.2) is 46.4 Å². The van der Waals surface area contributed by atoms with Crippen LogP contribution in [0.15, 0.2) is 47.4 Å². The van der Waals surface area contributed by atoms with Crippen LogP contribution in [0.3, 0.4) is 0 Å². The zero-order chi connectivity index (χ0) is 22.5. The van der Waals surface area contributed by atoms with Crippen LogP contribution in [0.25, 0.3) is 6.08 Å². The summed E-state index contributed by atoms with van der Waals surface area (Å²) >= 11 is 6.40. The maximum Gasteiger partial charge on any atom is 0.285 e. The highest BCUT2D eigenvalue weighted by molar-refractivity contribution is 8.26. The highest BCUT2D eigenvalue weighted by Gasteiger charge is 2.33. The van der Waals surface area contributed by atoms with Gasteiger partial charge in [-0.15, -0.1) is 0 Å². The lowest BCUT2D eigenvalue weighted by molar-refractivity contribution is -0.123. The summed E-state index contributed by atoms with van der Waals surface area (Å²) in [7, 11) is 1.39. The first-order valence-electron chi connectivity index (χ1n) is 9.68. The highest BCUT2D eigenvalue weighted by Crippen LogP contribution is 2.32.